The molecule has 0 fully saturated rings. The Bertz CT molecular complexity index is 1030. The van der Waals surface area contributed by atoms with E-state index >= 15 is 0 Å². The van der Waals surface area contributed by atoms with Crippen LogP contribution in [0.5, 0.6) is 17.2 Å². The molecule has 0 saturated carbocycles. The Hall–Kier alpha value is -3.55. The summed E-state index contributed by atoms with van der Waals surface area (Å²) in [6.07, 6.45) is -0.710. The van der Waals surface area contributed by atoms with Crippen LogP contribution < -0.4 is 19.5 Å². The monoisotopic (exact) mass is 478 g/mol. The molecule has 1 amide bonds. The Balaban J connectivity index is 1.76. The fourth-order valence-electron chi connectivity index (χ4n) is 3.66. The first-order valence-electron chi connectivity index (χ1n) is 11.6. The van der Waals surface area contributed by atoms with Crippen molar-refractivity contribution in [3.63, 3.8) is 0 Å². The zero-order valence-corrected chi connectivity index (χ0v) is 20.6. The standard InChI is InChI=1S/C28H34N2O5/c1-32-17-16-30(20-23-14-15-25(33-2)26(18-23)34-3)21-27(35-24-12-8-5-9-13-24)28(31)29-19-22-10-6-4-7-11-22/h4-15,18,27H,16-17,19-21H2,1-3H3,(H,29,31). The molecule has 186 valence electrons. The van der Waals surface area contributed by atoms with E-state index < -0.39 is 6.10 Å². The number of methoxy groups -OCH3 is 3. The summed E-state index contributed by atoms with van der Waals surface area (Å²) in [5.74, 6) is 1.80. The van der Waals surface area contributed by atoms with E-state index in [2.05, 4.69) is 10.2 Å². The van der Waals surface area contributed by atoms with Crippen LogP contribution in [0.3, 0.4) is 0 Å². The molecule has 0 radical (unpaired) electrons. The highest BCUT2D eigenvalue weighted by molar-refractivity contribution is 5.81. The minimum Gasteiger partial charge on any atom is -0.493 e. The summed E-state index contributed by atoms with van der Waals surface area (Å²) in [7, 11) is 4.90. The molecule has 7 nitrogen and oxygen atoms in total. The van der Waals surface area contributed by atoms with Crippen molar-refractivity contribution in [3.8, 4) is 17.2 Å². The Morgan fingerprint density at radius 1 is 0.857 bits per heavy atom. The van der Waals surface area contributed by atoms with Gasteiger partial charge < -0.3 is 24.3 Å². The van der Waals surface area contributed by atoms with Crippen molar-refractivity contribution < 1.29 is 23.7 Å². The number of amides is 1. The maximum atomic E-state index is 13.2. The van der Waals surface area contributed by atoms with Crippen LogP contribution >= 0.6 is 0 Å². The molecular weight excluding hydrogens is 444 g/mol. The smallest absolute Gasteiger partial charge is 0.262 e. The highest BCUT2D eigenvalue weighted by Crippen LogP contribution is 2.28. The van der Waals surface area contributed by atoms with E-state index in [9.17, 15) is 4.79 Å². The average molecular weight is 479 g/mol. The lowest BCUT2D eigenvalue weighted by atomic mass is 10.1. The fourth-order valence-corrected chi connectivity index (χ4v) is 3.66. The summed E-state index contributed by atoms with van der Waals surface area (Å²) in [6, 6.07) is 25.0. The number of nitrogens with one attached hydrogen (secondary N) is 1. The van der Waals surface area contributed by atoms with Crippen LogP contribution in [-0.4, -0.2) is 57.9 Å². The third-order valence-corrected chi connectivity index (χ3v) is 5.51. The summed E-state index contributed by atoms with van der Waals surface area (Å²) >= 11 is 0. The molecule has 0 aliphatic carbocycles. The number of benzene rings is 3. The molecule has 35 heavy (non-hydrogen) atoms. The molecule has 0 spiro atoms. The second-order valence-corrected chi connectivity index (χ2v) is 8.04. The van der Waals surface area contributed by atoms with Gasteiger partial charge in [0.1, 0.15) is 5.75 Å². The number of hydrogen-bond acceptors (Lipinski definition) is 6. The largest absolute Gasteiger partial charge is 0.493 e. The zero-order chi connectivity index (χ0) is 24.9. The van der Waals surface area contributed by atoms with E-state index in [0.29, 0.717) is 50.0 Å². The first-order valence-corrected chi connectivity index (χ1v) is 11.6. The molecule has 0 aromatic heterocycles. The van der Waals surface area contributed by atoms with Crippen molar-refractivity contribution in [2.45, 2.75) is 19.2 Å². The summed E-state index contributed by atoms with van der Waals surface area (Å²) < 4.78 is 22.3. The molecule has 1 N–H and O–H groups in total. The van der Waals surface area contributed by atoms with Gasteiger partial charge in [0.05, 0.1) is 20.8 Å². The fraction of sp³-hybridized carbons (Fsp3) is 0.321. The van der Waals surface area contributed by atoms with E-state index in [1.165, 1.54) is 0 Å². The summed E-state index contributed by atoms with van der Waals surface area (Å²) in [5.41, 5.74) is 2.06. The first kappa shape index (κ1) is 26.1. The summed E-state index contributed by atoms with van der Waals surface area (Å²) in [4.78, 5) is 15.4. The van der Waals surface area contributed by atoms with Crippen molar-refractivity contribution in [3.05, 3.63) is 90.0 Å². The SMILES string of the molecule is COCCN(Cc1ccc(OC)c(OC)c1)CC(Oc1ccccc1)C(=O)NCc1ccccc1. The molecule has 1 unspecified atom stereocenters. The molecule has 3 aromatic rings. The Kier molecular flexibility index (Phi) is 10.4. The van der Waals surface area contributed by atoms with Crippen LogP contribution in [0.2, 0.25) is 0 Å². The van der Waals surface area contributed by atoms with Gasteiger partial charge in [-0.3, -0.25) is 9.69 Å². The van der Waals surface area contributed by atoms with Gasteiger partial charge in [-0.15, -0.1) is 0 Å². The summed E-state index contributed by atoms with van der Waals surface area (Å²) in [6.45, 7) is 2.56. The Morgan fingerprint density at radius 3 is 2.20 bits per heavy atom. The third kappa shape index (κ3) is 8.31. The van der Waals surface area contributed by atoms with Gasteiger partial charge in [0.2, 0.25) is 0 Å². The molecule has 3 aromatic carbocycles. The van der Waals surface area contributed by atoms with E-state index in [1.807, 2.05) is 78.9 Å². The van der Waals surface area contributed by atoms with Gasteiger partial charge in [0.15, 0.2) is 17.6 Å². The average Bonchev–Trinajstić information content (AvgIpc) is 2.91. The molecule has 1 atom stereocenters. The minimum atomic E-state index is -0.710. The maximum absolute atomic E-state index is 13.2. The quantitative estimate of drug-likeness (QED) is 0.379. The number of ether oxygens (including phenoxy) is 4. The van der Waals surface area contributed by atoms with Crippen molar-refractivity contribution in [1.82, 2.24) is 10.2 Å². The van der Waals surface area contributed by atoms with Gasteiger partial charge in [0.25, 0.3) is 5.91 Å². The van der Waals surface area contributed by atoms with Crippen LogP contribution in [0.4, 0.5) is 0 Å². The lowest BCUT2D eigenvalue weighted by molar-refractivity contribution is -0.129. The lowest BCUT2D eigenvalue weighted by Crippen LogP contribution is -2.46. The van der Waals surface area contributed by atoms with Gasteiger partial charge in [0, 0.05) is 33.3 Å². The normalized spacial score (nSPS) is 11.7. The van der Waals surface area contributed by atoms with Crippen LogP contribution in [0.25, 0.3) is 0 Å². The topological polar surface area (TPSA) is 69.3 Å². The van der Waals surface area contributed by atoms with Gasteiger partial charge in [-0.1, -0.05) is 54.6 Å². The molecule has 7 heteroatoms. The van der Waals surface area contributed by atoms with Crippen LogP contribution in [0, 0.1) is 0 Å². The number of carbonyl (C=O) groups excluding carboxylic acids is 1. The molecule has 3 rings (SSSR count). The number of nitrogens with zero attached hydrogens (tertiary/aromatic N) is 1. The number of hydrogen-bond donors (Lipinski definition) is 1. The predicted molar refractivity (Wildman–Crippen MR) is 136 cm³/mol. The number of rotatable bonds is 14. The lowest BCUT2D eigenvalue weighted by Gasteiger charge is -2.27. The predicted octanol–water partition coefficient (Wildman–Crippen LogP) is 3.92. The number of para-hydroxylation sites is 1. The van der Waals surface area contributed by atoms with Gasteiger partial charge in [-0.2, -0.15) is 0 Å². The molecule has 0 saturated heterocycles. The maximum Gasteiger partial charge on any atom is 0.262 e. The third-order valence-electron chi connectivity index (χ3n) is 5.51. The van der Waals surface area contributed by atoms with E-state index in [4.69, 9.17) is 18.9 Å². The van der Waals surface area contributed by atoms with E-state index in [-0.39, 0.29) is 5.91 Å². The van der Waals surface area contributed by atoms with Gasteiger partial charge >= 0.3 is 0 Å². The second kappa shape index (κ2) is 14.0. The van der Waals surface area contributed by atoms with E-state index in [1.54, 1.807) is 21.3 Å². The molecule has 0 heterocycles. The van der Waals surface area contributed by atoms with E-state index in [0.717, 1.165) is 11.1 Å². The molecule has 0 aliphatic heterocycles. The Morgan fingerprint density at radius 2 is 1.54 bits per heavy atom. The Labute approximate surface area is 207 Å². The first-order chi connectivity index (χ1) is 17.1. The van der Waals surface area contributed by atoms with Crippen LogP contribution in [-0.2, 0) is 22.6 Å². The zero-order valence-electron chi connectivity index (χ0n) is 20.6. The highest BCUT2D eigenvalue weighted by atomic mass is 16.5. The second-order valence-electron chi connectivity index (χ2n) is 8.04. The van der Waals surface area contributed by atoms with Crippen LogP contribution in [0.1, 0.15) is 11.1 Å². The molecular formula is C28H34N2O5. The summed E-state index contributed by atoms with van der Waals surface area (Å²) in [5, 5.41) is 3.02. The van der Waals surface area contributed by atoms with Crippen molar-refractivity contribution in [2.24, 2.45) is 0 Å². The van der Waals surface area contributed by atoms with Crippen molar-refractivity contribution >= 4 is 5.91 Å². The molecule has 0 bridgehead atoms. The van der Waals surface area contributed by atoms with Crippen LogP contribution in [0.15, 0.2) is 78.9 Å². The number of carbonyl (C=O) groups is 1. The van der Waals surface area contributed by atoms with Gasteiger partial charge in [-0.25, -0.2) is 0 Å². The van der Waals surface area contributed by atoms with Crippen molar-refractivity contribution in [1.29, 1.82) is 0 Å². The molecule has 0 aliphatic rings. The van der Waals surface area contributed by atoms with Gasteiger partial charge in [-0.05, 0) is 35.4 Å². The minimum absolute atomic E-state index is 0.174. The van der Waals surface area contributed by atoms with Crippen molar-refractivity contribution in [2.75, 3.05) is 41.0 Å². The highest BCUT2D eigenvalue weighted by Gasteiger charge is 2.24.